The minimum absolute atomic E-state index is 0.265. The lowest BCUT2D eigenvalue weighted by molar-refractivity contribution is -0.118. The molecule has 0 saturated carbocycles. The Hall–Kier alpha value is -2.21. The van der Waals surface area contributed by atoms with Crippen molar-refractivity contribution in [2.45, 2.75) is 20.4 Å². The lowest BCUT2D eigenvalue weighted by atomic mass is 10.2. The molecule has 0 fully saturated rings. The van der Waals surface area contributed by atoms with E-state index < -0.39 is 0 Å². The van der Waals surface area contributed by atoms with Gasteiger partial charge < -0.3 is 0 Å². The molecule has 21 heavy (non-hydrogen) atoms. The van der Waals surface area contributed by atoms with E-state index in [1.165, 1.54) is 25.3 Å². The number of hydrogen-bond acceptors (Lipinski definition) is 3. The number of carbonyl (C=O) groups is 1. The predicted molar refractivity (Wildman–Crippen MR) is 78.9 cm³/mol. The van der Waals surface area contributed by atoms with E-state index in [0.717, 1.165) is 5.56 Å². The lowest BCUT2D eigenvalue weighted by Gasteiger charge is -2.03. The average Bonchev–Trinajstić information content (AvgIpc) is 2.68. The summed E-state index contributed by atoms with van der Waals surface area (Å²) in [5.41, 5.74) is 4.51. The molecule has 2 aromatic rings. The molecule has 0 aliphatic rings. The van der Waals surface area contributed by atoms with Gasteiger partial charge in [-0.25, -0.2) is 14.5 Å². The topological polar surface area (TPSA) is 59.3 Å². The number of rotatable bonds is 4. The van der Waals surface area contributed by atoms with Gasteiger partial charge in [-0.15, -0.1) is 0 Å². The maximum Gasteiger partial charge on any atom is 0.236 e. The van der Waals surface area contributed by atoms with Crippen LogP contribution in [0.1, 0.15) is 23.7 Å². The molecule has 0 unspecified atom stereocenters. The van der Waals surface area contributed by atoms with Crippen molar-refractivity contribution in [1.82, 2.24) is 15.2 Å². The normalized spacial score (nSPS) is 11.0. The molecule has 1 heterocycles. The molecule has 0 saturated heterocycles. The molecule has 110 valence electrons. The SMILES string of the molecule is CC(=O)N/N=C\c1c(C)nn(Cc2ccc(F)cc2)c1Cl. The molecule has 1 aromatic heterocycles. The molecule has 1 amide bonds. The van der Waals surface area contributed by atoms with E-state index >= 15 is 0 Å². The van der Waals surface area contributed by atoms with Crippen molar-refractivity contribution >= 4 is 23.7 Å². The van der Waals surface area contributed by atoms with Crippen molar-refractivity contribution in [3.8, 4) is 0 Å². The first-order chi connectivity index (χ1) is 9.97. The molecule has 0 atom stereocenters. The maximum atomic E-state index is 12.9. The van der Waals surface area contributed by atoms with Gasteiger partial charge >= 0.3 is 0 Å². The molecule has 0 aliphatic carbocycles. The van der Waals surface area contributed by atoms with Crippen molar-refractivity contribution in [2.24, 2.45) is 5.10 Å². The number of halogens is 2. The van der Waals surface area contributed by atoms with Gasteiger partial charge in [0, 0.05) is 6.92 Å². The molecule has 1 N–H and O–H groups in total. The molecule has 5 nitrogen and oxygen atoms in total. The first-order valence-corrected chi connectivity index (χ1v) is 6.62. The van der Waals surface area contributed by atoms with Crippen LogP contribution in [0.25, 0.3) is 0 Å². The fourth-order valence-electron chi connectivity index (χ4n) is 1.77. The molecule has 0 radical (unpaired) electrons. The Bertz CT molecular complexity index is 679. The van der Waals surface area contributed by atoms with Gasteiger partial charge in [-0.3, -0.25) is 4.79 Å². The number of aromatic nitrogens is 2. The third-order valence-electron chi connectivity index (χ3n) is 2.77. The smallest absolute Gasteiger partial charge is 0.236 e. The Kier molecular flexibility index (Phi) is 4.70. The summed E-state index contributed by atoms with van der Waals surface area (Å²) in [4.78, 5) is 10.8. The summed E-state index contributed by atoms with van der Waals surface area (Å²) in [6.07, 6.45) is 1.45. The number of hydrogen-bond donors (Lipinski definition) is 1. The second-order valence-electron chi connectivity index (χ2n) is 4.50. The largest absolute Gasteiger partial charge is 0.274 e. The molecule has 0 spiro atoms. The van der Waals surface area contributed by atoms with Gasteiger partial charge in [-0.1, -0.05) is 23.7 Å². The van der Waals surface area contributed by atoms with Crippen LogP contribution in [0.15, 0.2) is 29.4 Å². The van der Waals surface area contributed by atoms with Gasteiger partial charge in [-0.2, -0.15) is 10.2 Å². The quantitative estimate of drug-likeness (QED) is 0.697. The number of nitrogens with one attached hydrogen (secondary N) is 1. The summed E-state index contributed by atoms with van der Waals surface area (Å²) in [7, 11) is 0. The van der Waals surface area contributed by atoms with Crippen molar-refractivity contribution in [3.63, 3.8) is 0 Å². The van der Waals surface area contributed by atoms with Crippen LogP contribution < -0.4 is 5.43 Å². The molecule has 1 aromatic carbocycles. The molecule has 2 rings (SSSR count). The van der Waals surface area contributed by atoms with Gasteiger partial charge in [0.25, 0.3) is 0 Å². The van der Waals surface area contributed by atoms with Gasteiger partial charge in [0.1, 0.15) is 11.0 Å². The van der Waals surface area contributed by atoms with Crippen LogP contribution in [-0.2, 0) is 11.3 Å². The van der Waals surface area contributed by atoms with Crippen molar-refractivity contribution in [1.29, 1.82) is 0 Å². The van der Waals surface area contributed by atoms with Crippen LogP contribution >= 0.6 is 11.6 Å². The van der Waals surface area contributed by atoms with Crippen LogP contribution in [-0.4, -0.2) is 21.9 Å². The van der Waals surface area contributed by atoms with E-state index in [1.54, 1.807) is 23.7 Å². The van der Waals surface area contributed by atoms with Crippen molar-refractivity contribution in [2.75, 3.05) is 0 Å². The monoisotopic (exact) mass is 308 g/mol. The third kappa shape index (κ3) is 3.88. The fraction of sp³-hybridized carbons (Fsp3) is 0.214. The standard InChI is InChI=1S/C14H14ClFN4O/c1-9-13(7-17-18-10(2)21)14(15)20(19-9)8-11-3-5-12(16)6-4-11/h3-7H,8H2,1-2H3,(H,18,21)/b17-7-. The number of amides is 1. The van der Waals surface area contributed by atoms with E-state index in [2.05, 4.69) is 15.6 Å². The highest BCUT2D eigenvalue weighted by molar-refractivity contribution is 6.32. The molecule has 0 aliphatic heterocycles. The van der Waals surface area contributed by atoms with Crippen LogP contribution in [0, 0.1) is 12.7 Å². The predicted octanol–water partition coefficient (Wildman–Crippen LogP) is 2.50. The summed E-state index contributed by atoms with van der Waals surface area (Å²) in [6.45, 7) is 3.58. The summed E-state index contributed by atoms with van der Waals surface area (Å²) < 4.78 is 14.5. The van der Waals surface area contributed by atoms with Gasteiger partial charge in [0.15, 0.2) is 0 Å². The van der Waals surface area contributed by atoms with Crippen molar-refractivity contribution in [3.05, 3.63) is 52.1 Å². The zero-order valence-electron chi connectivity index (χ0n) is 11.6. The Morgan fingerprint density at radius 1 is 1.48 bits per heavy atom. The van der Waals surface area contributed by atoms with Gasteiger partial charge in [0.2, 0.25) is 5.91 Å². The number of aryl methyl sites for hydroxylation is 1. The lowest BCUT2D eigenvalue weighted by Crippen LogP contribution is -2.12. The Morgan fingerprint density at radius 2 is 2.14 bits per heavy atom. The zero-order chi connectivity index (χ0) is 15.4. The van der Waals surface area contributed by atoms with E-state index in [-0.39, 0.29) is 11.7 Å². The first-order valence-electron chi connectivity index (χ1n) is 6.24. The van der Waals surface area contributed by atoms with E-state index in [0.29, 0.717) is 23.0 Å². The summed E-state index contributed by atoms with van der Waals surface area (Å²) in [5.74, 6) is -0.552. The number of carbonyl (C=O) groups excluding carboxylic acids is 1. The minimum Gasteiger partial charge on any atom is -0.274 e. The Balaban J connectivity index is 2.20. The molecular formula is C14H14ClFN4O. The highest BCUT2D eigenvalue weighted by atomic mass is 35.5. The second-order valence-corrected chi connectivity index (χ2v) is 4.86. The second kappa shape index (κ2) is 6.49. The Labute approximate surface area is 126 Å². The van der Waals surface area contributed by atoms with Gasteiger partial charge in [0.05, 0.1) is 24.0 Å². The average molecular weight is 309 g/mol. The van der Waals surface area contributed by atoms with Gasteiger partial charge in [-0.05, 0) is 24.6 Å². The van der Waals surface area contributed by atoms with Crippen LogP contribution in [0.2, 0.25) is 5.15 Å². The number of benzene rings is 1. The first kappa shape index (κ1) is 15.2. The van der Waals surface area contributed by atoms with E-state index in [1.807, 2.05) is 0 Å². The van der Waals surface area contributed by atoms with Crippen LogP contribution in [0.3, 0.4) is 0 Å². The fourth-order valence-corrected chi connectivity index (χ4v) is 2.05. The minimum atomic E-state index is -0.287. The highest BCUT2D eigenvalue weighted by Crippen LogP contribution is 2.19. The van der Waals surface area contributed by atoms with Crippen LogP contribution in [0.5, 0.6) is 0 Å². The zero-order valence-corrected chi connectivity index (χ0v) is 12.4. The maximum absolute atomic E-state index is 12.9. The number of nitrogens with zero attached hydrogens (tertiary/aromatic N) is 3. The molecule has 0 bridgehead atoms. The van der Waals surface area contributed by atoms with E-state index in [9.17, 15) is 9.18 Å². The highest BCUT2D eigenvalue weighted by Gasteiger charge is 2.12. The third-order valence-corrected chi connectivity index (χ3v) is 3.17. The summed E-state index contributed by atoms with van der Waals surface area (Å²) >= 11 is 6.25. The molecule has 7 heteroatoms. The van der Waals surface area contributed by atoms with Crippen LogP contribution in [0.4, 0.5) is 4.39 Å². The summed E-state index contributed by atoms with van der Waals surface area (Å²) in [5, 5.41) is 8.50. The summed E-state index contributed by atoms with van der Waals surface area (Å²) in [6, 6.07) is 6.12. The Morgan fingerprint density at radius 3 is 2.76 bits per heavy atom. The molecular weight excluding hydrogens is 295 g/mol. The van der Waals surface area contributed by atoms with E-state index in [4.69, 9.17) is 11.6 Å². The number of hydrazone groups is 1. The van der Waals surface area contributed by atoms with Crippen molar-refractivity contribution < 1.29 is 9.18 Å².